The molecule has 0 aromatic heterocycles. The highest BCUT2D eigenvalue weighted by molar-refractivity contribution is 5.51. The van der Waals surface area contributed by atoms with Crippen LogP contribution in [0.2, 0.25) is 0 Å². The highest BCUT2D eigenvalue weighted by Crippen LogP contribution is 2.86. The summed E-state index contributed by atoms with van der Waals surface area (Å²) in [5.41, 5.74) is 6.03. The van der Waals surface area contributed by atoms with E-state index in [0.29, 0.717) is 0 Å². The molecule has 6 atom stereocenters. The first-order chi connectivity index (χ1) is 4.37. The number of piperidine rings is 8. The monoisotopic (exact) mass is 121 g/mol. The van der Waals surface area contributed by atoms with Gasteiger partial charge >= 0.3 is 0 Å². The molecule has 2 N–H and O–H groups in total. The molecule has 5 heterocycles. The van der Waals surface area contributed by atoms with Gasteiger partial charge in [0.25, 0.3) is 0 Å². The summed E-state index contributed by atoms with van der Waals surface area (Å²) in [4.78, 5) is 4.98. The van der Waals surface area contributed by atoms with E-state index in [1.165, 1.54) is 0 Å². The average molecular weight is 121 g/mol. The Labute approximate surface area is 52.4 Å². The van der Waals surface area contributed by atoms with Crippen molar-refractivity contribution in [2.24, 2.45) is 17.6 Å². The molecule has 3 nitrogen and oxygen atoms in total. The second kappa shape index (κ2) is 0.516. The third-order valence-electron chi connectivity index (χ3n) is 4.40. The molecule has 6 rings (SSSR count). The van der Waals surface area contributed by atoms with Crippen LogP contribution in [0, 0.1) is 11.8 Å². The normalized spacial score (nSPS) is 93.7. The Hall–Kier alpha value is -0.120. The van der Waals surface area contributed by atoms with E-state index in [2.05, 4.69) is 9.80 Å². The maximum atomic E-state index is 6.03. The fraction of sp³-hybridized carbons (Fsp3) is 1.00. The Bertz CT molecular complexity index is 210. The van der Waals surface area contributed by atoms with Crippen LogP contribution in [0.4, 0.5) is 0 Å². The van der Waals surface area contributed by atoms with Gasteiger partial charge < -0.3 is 5.73 Å². The Morgan fingerprint density at radius 1 is 1.22 bits per heavy atom. The van der Waals surface area contributed by atoms with Gasteiger partial charge in [0.2, 0.25) is 0 Å². The first-order valence-corrected chi connectivity index (χ1v) is 3.72. The second-order valence-corrected chi connectivity index (χ2v) is 4.10. The van der Waals surface area contributed by atoms with Crippen molar-refractivity contribution in [1.29, 1.82) is 0 Å². The molecular formula is C6H7N3. The molecule has 1 saturated carbocycles. The van der Waals surface area contributed by atoms with E-state index in [0.717, 1.165) is 30.1 Å². The van der Waals surface area contributed by atoms with E-state index in [9.17, 15) is 0 Å². The summed E-state index contributed by atoms with van der Waals surface area (Å²) in [6.45, 7) is 0. The smallest absolute Gasteiger partial charge is 0.135 e. The van der Waals surface area contributed by atoms with Crippen LogP contribution < -0.4 is 5.73 Å². The zero-order chi connectivity index (χ0) is 5.54. The van der Waals surface area contributed by atoms with Crippen molar-refractivity contribution in [1.82, 2.24) is 9.80 Å². The van der Waals surface area contributed by atoms with Crippen LogP contribution in [0.15, 0.2) is 0 Å². The number of rotatable bonds is 0. The summed E-state index contributed by atoms with van der Waals surface area (Å²) in [6, 6.07) is 1.94. The third-order valence-corrected chi connectivity index (χ3v) is 4.40. The molecule has 4 unspecified atom stereocenters. The van der Waals surface area contributed by atoms with Gasteiger partial charge in [-0.2, -0.15) is 0 Å². The Morgan fingerprint density at radius 3 is 2.11 bits per heavy atom. The minimum atomic E-state index is 0.134. The quantitative estimate of drug-likeness (QED) is 0.426. The molecule has 3 heteroatoms. The molecule has 1 aliphatic carbocycles. The van der Waals surface area contributed by atoms with Gasteiger partial charge in [-0.05, 0) is 0 Å². The standard InChI is InChI=1S/C6H7N3/c7-6-2-3-1-4(2)9(6)5(1)8(3)6/h1-5H,7H2/t1?,2?,3-,4+,5?,6?. The highest BCUT2D eigenvalue weighted by Gasteiger charge is 3.03. The second-order valence-electron chi connectivity index (χ2n) is 4.10. The van der Waals surface area contributed by atoms with Gasteiger partial charge in [-0.3, -0.25) is 9.80 Å². The van der Waals surface area contributed by atoms with Crippen LogP contribution in [0.3, 0.4) is 0 Å². The lowest BCUT2D eigenvalue weighted by Gasteiger charge is -3.07. The van der Waals surface area contributed by atoms with Crippen molar-refractivity contribution in [3.8, 4) is 0 Å². The minimum Gasteiger partial charge on any atom is -0.300 e. The van der Waals surface area contributed by atoms with Crippen molar-refractivity contribution in [3.05, 3.63) is 0 Å². The number of nitrogens with zero attached hydrogens (tertiary/aromatic N) is 2. The zero-order valence-corrected chi connectivity index (χ0v) is 4.86. The first kappa shape index (κ1) is 3.32. The SMILES string of the molecule is NC12C3[C@H]4C5C(N41)N2[C@@H]53. The zero-order valence-electron chi connectivity index (χ0n) is 4.86. The number of hydrogen-bond donors (Lipinski definition) is 1. The van der Waals surface area contributed by atoms with E-state index in [1.54, 1.807) is 0 Å². The van der Waals surface area contributed by atoms with Crippen LogP contribution in [0.1, 0.15) is 0 Å². The van der Waals surface area contributed by atoms with Crippen molar-refractivity contribution in [3.63, 3.8) is 0 Å². The summed E-state index contributed by atoms with van der Waals surface area (Å²) < 4.78 is 0. The van der Waals surface area contributed by atoms with E-state index < -0.39 is 0 Å². The van der Waals surface area contributed by atoms with Crippen molar-refractivity contribution < 1.29 is 0 Å². The molecule has 0 bridgehead atoms. The highest BCUT2D eigenvalue weighted by atomic mass is 15.9. The van der Waals surface area contributed by atoms with Gasteiger partial charge in [0.1, 0.15) is 5.79 Å². The lowest BCUT2D eigenvalue weighted by atomic mass is 9.32. The number of nitrogens with two attached hydrogens (primary N) is 1. The summed E-state index contributed by atoms with van der Waals surface area (Å²) >= 11 is 0. The van der Waals surface area contributed by atoms with Crippen molar-refractivity contribution >= 4 is 0 Å². The predicted octanol–water partition coefficient (Wildman–Crippen LogP) is -1.43. The van der Waals surface area contributed by atoms with E-state index >= 15 is 0 Å². The van der Waals surface area contributed by atoms with E-state index in [4.69, 9.17) is 5.73 Å². The van der Waals surface area contributed by atoms with Gasteiger partial charge in [0.05, 0.1) is 6.17 Å². The lowest BCUT2D eigenvalue weighted by molar-refractivity contribution is -0.644. The van der Waals surface area contributed by atoms with E-state index in [-0.39, 0.29) is 5.79 Å². The molecule has 5 saturated heterocycles. The van der Waals surface area contributed by atoms with Crippen LogP contribution in [0.25, 0.3) is 0 Å². The van der Waals surface area contributed by atoms with Crippen molar-refractivity contribution in [2.75, 3.05) is 0 Å². The lowest BCUT2D eigenvalue weighted by Crippen LogP contribution is -3.25. The fourth-order valence-corrected chi connectivity index (χ4v) is 4.12. The molecule has 0 amide bonds. The molecule has 6 fully saturated rings. The van der Waals surface area contributed by atoms with Gasteiger partial charge in [0, 0.05) is 23.9 Å². The summed E-state index contributed by atoms with van der Waals surface area (Å²) in [7, 11) is 0. The molecule has 0 spiro atoms. The van der Waals surface area contributed by atoms with Gasteiger partial charge in [-0.15, -0.1) is 0 Å². The summed E-state index contributed by atoms with van der Waals surface area (Å²) in [5, 5.41) is 0. The maximum Gasteiger partial charge on any atom is 0.135 e. The molecule has 9 heavy (non-hydrogen) atoms. The average Bonchev–Trinajstić information content (AvgIpc) is 1.88. The van der Waals surface area contributed by atoms with E-state index in [1.807, 2.05) is 0 Å². The summed E-state index contributed by atoms with van der Waals surface area (Å²) in [5.74, 6) is 2.13. The molecule has 0 aromatic rings. The molecular weight excluding hydrogens is 114 g/mol. The van der Waals surface area contributed by atoms with Gasteiger partial charge in [0.15, 0.2) is 0 Å². The topological polar surface area (TPSA) is 32.5 Å². The number of hydrogen-bond acceptors (Lipinski definition) is 3. The van der Waals surface area contributed by atoms with Crippen LogP contribution in [0.5, 0.6) is 0 Å². The molecule has 6 aliphatic rings. The van der Waals surface area contributed by atoms with Crippen LogP contribution in [-0.2, 0) is 0 Å². The summed E-state index contributed by atoms with van der Waals surface area (Å²) in [6.07, 6.45) is 0.843. The first-order valence-electron chi connectivity index (χ1n) is 3.72. The molecule has 0 radical (unpaired) electrons. The minimum absolute atomic E-state index is 0.134. The fourth-order valence-electron chi connectivity index (χ4n) is 4.12. The largest absolute Gasteiger partial charge is 0.300 e. The molecule has 0 aromatic carbocycles. The third kappa shape index (κ3) is 0.0938. The van der Waals surface area contributed by atoms with Crippen molar-refractivity contribution in [2.45, 2.75) is 24.0 Å². The maximum absolute atomic E-state index is 6.03. The van der Waals surface area contributed by atoms with Gasteiger partial charge in [-0.1, -0.05) is 0 Å². The Morgan fingerprint density at radius 2 is 1.89 bits per heavy atom. The molecule has 5 aliphatic heterocycles. The molecule has 46 valence electrons. The van der Waals surface area contributed by atoms with Crippen LogP contribution in [-0.4, -0.2) is 33.8 Å². The predicted molar refractivity (Wildman–Crippen MR) is 28.9 cm³/mol. The van der Waals surface area contributed by atoms with Gasteiger partial charge in [-0.25, -0.2) is 0 Å². The Kier molecular flexibility index (Phi) is 0.191. The van der Waals surface area contributed by atoms with Crippen LogP contribution >= 0.6 is 0 Å². The Balaban J connectivity index is 1.93.